The third kappa shape index (κ3) is 2.83. The van der Waals surface area contributed by atoms with Gasteiger partial charge in [-0.25, -0.2) is 4.98 Å². The van der Waals surface area contributed by atoms with Gasteiger partial charge in [-0.05, 0) is 38.7 Å². The van der Waals surface area contributed by atoms with Gasteiger partial charge in [0.25, 0.3) is 0 Å². The van der Waals surface area contributed by atoms with Crippen LogP contribution < -0.4 is 5.73 Å². The molecule has 0 unspecified atom stereocenters. The molecule has 1 aromatic rings. The summed E-state index contributed by atoms with van der Waals surface area (Å²) >= 11 is 1.69. The zero-order valence-electron chi connectivity index (χ0n) is 7.84. The summed E-state index contributed by atoms with van der Waals surface area (Å²) in [6.45, 7) is 2.77. The average molecular weight is 194 g/mol. The van der Waals surface area contributed by atoms with E-state index < -0.39 is 0 Å². The van der Waals surface area contributed by atoms with Crippen LogP contribution in [0.1, 0.15) is 28.4 Å². The van der Waals surface area contributed by atoms with E-state index in [0.717, 1.165) is 41.4 Å². The van der Waals surface area contributed by atoms with Crippen molar-refractivity contribution < 1.29 is 0 Å². The van der Waals surface area contributed by atoms with Gasteiger partial charge < -0.3 is 5.73 Å². The molecule has 2 nitrogen and oxygen atoms in total. The molecule has 1 aromatic heterocycles. The summed E-state index contributed by atoms with van der Waals surface area (Å²) in [5, 5.41) is 1.14. The number of aryl methyl sites for hydroxylation is 2. The van der Waals surface area contributed by atoms with Crippen LogP contribution in [0.5, 0.6) is 0 Å². The molecule has 0 saturated carbocycles. The molecule has 0 atom stereocenters. The van der Waals surface area contributed by atoms with E-state index in [1.807, 2.05) is 6.92 Å². The smallest absolute Gasteiger partial charge is 0.127 e. The Morgan fingerprint density at radius 3 is 2.85 bits per heavy atom. The monoisotopic (exact) mass is 194 g/mol. The lowest BCUT2D eigenvalue weighted by atomic mass is 10.2. The fourth-order valence-corrected chi connectivity index (χ4v) is 2.05. The average Bonchev–Trinajstić information content (AvgIpc) is 2.47. The molecule has 13 heavy (non-hydrogen) atoms. The highest BCUT2D eigenvalue weighted by atomic mass is 32.1. The lowest BCUT2D eigenvalue weighted by Gasteiger charge is -1.93. The lowest BCUT2D eigenvalue weighted by molar-refractivity contribution is 0.741. The molecule has 2 N–H and O–H groups in total. The second kappa shape index (κ2) is 5.00. The fourth-order valence-electron chi connectivity index (χ4n) is 1.11. The Balaban J connectivity index is 2.54. The SMILES string of the molecule is C#Cc1nc(CCCCN)sc1C. The maximum Gasteiger partial charge on any atom is 0.127 e. The van der Waals surface area contributed by atoms with E-state index >= 15 is 0 Å². The molecule has 0 aliphatic heterocycles. The molecule has 0 aromatic carbocycles. The minimum atomic E-state index is 0.756. The first-order valence-corrected chi connectivity index (χ1v) is 5.22. The van der Waals surface area contributed by atoms with Gasteiger partial charge in [0.05, 0.1) is 5.01 Å². The standard InChI is InChI=1S/C10H14N2S/c1-3-9-8(2)13-10(12-9)6-4-5-7-11/h1H,4-7,11H2,2H3. The van der Waals surface area contributed by atoms with E-state index in [-0.39, 0.29) is 0 Å². The second-order valence-electron chi connectivity index (χ2n) is 2.90. The predicted molar refractivity (Wildman–Crippen MR) is 56.8 cm³/mol. The van der Waals surface area contributed by atoms with E-state index in [0.29, 0.717) is 0 Å². The van der Waals surface area contributed by atoms with Crippen LogP contribution in [0.2, 0.25) is 0 Å². The van der Waals surface area contributed by atoms with Gasteiger partial charge >= 0.3 is 0 Å². The number of nitrogens with zero attached hydrogens (tertiary/aromatic N) is 1. The van der Waals surface area contributed by atoms with E-state index in [1.54, 1.807) is 11.3 Å². The molecule has 1 rings (SSSR count). The normalized spacial score (nSPS) is 9.92. The third-order valence-electron chi connectivity index (χ3n) is 1.82. The van der Waals surface area contributed by atoms with Crippen molar-refractivity contribution in [1.29, 1.82) is 0 Å². The van der Waals surface area contributed by atoms with Crippen LogP contribution in [0.25, 0.3) is 0 Å². The minimum Gasteiger partial charge on any atom is -0.330 e. The second-order valence-corrected chi connectivity index (χ2v) is 4.19. The van der Waals surface area contributed by atoms with Crippen LogP contribution in [-0.2, 0) is 6.42 Å². The van der Waals surface area contributed by atoms with Gasteiger partial charge in [0.15, 0.2) is 0 Å². The molecule has 0 radical (unpaired) electrons. The van der Waals surface area contributed by atoms with Crippen LogP contribution in [0.3, 0.4) is 0 Å². The first-order chi connectivity index (χ1) is 6.27. The number of hydrogen-bond donors (Lipinski definition) is 1. The van der Waals surface area contributed by atoms with Gasteiger partial charge in [-0.3, -0.25) is 0 Å². The van der Waals surface area contributed by atoms with Crippen LogP contribution >= 0.6 is 11.3 Å². The van der Waals surface area contributed by atoms with Crippen LogP contribution in [-0.4, -0.2) is 11.5 Å². The maximum absolute atomic E-state index is 5.40. The largest absolute Gasteiger partial charge is 0.330 e. The molecule has 0 fully saturated rings. The van der Waals surface area contributed by atoms with Gasteiger partial charge in [0.2, 0.25) is 0 Å². The van der Waals surface area contributed by atoms with Crippen LogP contribution in [0.15, 0.2) is 0 Å². The lowest BCUT2D eigenvalue weighted by Crippen LogP contribution is -1.98. The molecular formula is C10H14N2S. The van der Waals surface area contributed by atoms with Crippen molar-refractivity contribution >= 4 is 11.3 Å². The summed E-state index contributed by atoms with van der Waals surface area (Å²) in [6, 6.07) is 0. The molecule has 0 amide bonds. The molecule has 0 aliphatic carbocycles. The van der Waals surface area contributed by atoms with Gasteiger partial charge in [0.1, 0.15) is 5.69 Å². The maximum atomic E-state index is 5.40. The Hall–Kier alpha value is -0.850. The number of aromatic nitrogens is 1. The Morgan fingerprint density at radius 1 is 1.54 bits per heavy atom. The van der Waals surface area contributed by atoms with E-state index in [4.69, 9.17) is 12.2 Å². The molecule has 0 spiro atoms. The zero-order valence-corrected chi connectivity index (χ0v) is 8.66. The van der Waals surface area contributed by atoms with Crippen LogP contribution in [0, 0.1) is 19.3 Å². The summed E-state index contributed by atoms with van der Waals surface area (Å²) < 4.78 is 0. The molecule has 70 valence electrons. The Labute approximate surface area is 83.2 Å². The minimum absolute atomic E-state index is 0.756. The highest BCUT2D eigenvalue weighted by Crippen LogP contribution is 2.18. The Morgan fingerprint density at radius 2 is 2.31 bits per heavy atom. The topological polar surface area (TPSA) is 38.9 Å². The van der Waals surface area contributed by atoms with Crippen molar-refractivity contribution in [1.82, 2.24) is 4.98 Å². The van der Waals surface area contributed by atoms with E-state index in [2.05, 4.69) is 10.9 Å². The van der Waals surface area contributed by atoms with Crippen LogP contribution in [0.4, 0.5) is 0 Å². The molecule has 3 heteroatoms. The van der Waals surface area contributed by atoms with Crippen molar-refractivity contribution in [2.24, 2.45) is 5.73 Å². The highest BCUT2D eigenvalue weighted by Gasteiger charge is 2.04. The van der Waals surface area contributed by atoms with Crippen molar-refractivity contribution in [2.75, 3.05) is 6.54 Å². The van der Waals surface area contributed by atoms with Crippen molar-refractivity contribution in [3.8, 4) is 12.3 Å². The van der Waals surface area contributed by atoms with Gasteiger partial charge in [-0.1, -0.05) is 0 Å². The van der Waals surface area contributed by atoms with Crippen molar-refractivity contribution in [3.63, 3.8) is 0 Å². The molecule has 0 aliphatic rings. The number of unbranched alkanes of at least 4 members (excludes halogenated alkanes) is 1. The van der Waals surface area contributed by atoms with Crippen molar-refractivity contribution in [2.45, 2.75) is 26.2 Å². The highest BCUT2D eigenvalue weighted by molar-refractivity contribution is 7.11. The molecular weight excluding hydrogens is 180 g/mol. The van der Waals surface area contributed by atoms with Gasteiger partial charge in [-0.2, -0.15) is 0 Å². The number of terminal acetylenes is 1. The summed E-state index contributed by atoms with van der Waals surface area (Å²) in [6.07, 6.45) is 8.46. The number of rotatable bonds is 4. The quantitative estimate of drug-likeness (QED) is 0.585. The van der Waals surface area contributed by atoms with E-state index in [1.165, 1.54) is 0 Å². The number of thiazole rings is 1. The van der Waals surface area contributed by atoms with Gasteiger partial charge in [0, 0.05) is 4.88 Å². The Kier molecular flexibility index (Phi) is 3.94. The number of nitrogens with two attached hydrogens (primary N) is 1. The first-order valence-electron chi connectivity index (χ1n) is 4.41. The molecule has 0 bridgehead atoms. The fraction of sp³-hybridized carbons (Fsp3) is 0.500. The van der Waals surface area contributed by atoms with Crippen molar-refractivity contribution in [3.05, 3.63) is 15.6 Å². The molecule has 1 heterocycles. The zero-order chi connectivity index (χ0) is 9.68. The molecule has 0 saturated heterocycles. The summed E-state index contributed by atoms with van der Waals surface area (Å²) in [7, 11) is 0. The van der Waals surface area contributed by atoms with Gasteiger partial charge in [-0.15, -0.1) is 17.8 Å². The summed E-state index contributed by atoms with van der Waals surface area (Å²) in [4.78, 5) is 5.49. The summed E-state index contributed by atoms with van der Waals surface area (Å²) in [5.41, 5.74) is 6.20. The first kappa shape index (κ1) is 10.2. The van der Waals surface area contributed by atoms with E-state index in [9.17, 15) is 0 Å². The number of hydrogen-bond acceptors (Lipinski definition) is 3. The summed E-state index contributed by atoms with van der Waals surface area (Å²) in [5.74, 6) is 2.58. The Bertz CT molecular complexity index is 309. The predicted octanol–water partition coefficient (Wildman–Crippen LogP) is 1.71. The third-order valence-corrected chi connectivity index (χ3v) is 2.85.